The van der Waals surface area contributed by atoms with Crippen molar-refractivity contribution in [2.75, 3.05) is 49.1 Å². The van der Waals surface area contributed by atoms with E-state index < -0.39 is 11.8 Å². The van der Waals surface area contributed by atoms with Crippen LogP contribution in [0.3, 0.4) is 0 Å². The van der Waals surface area contributed by atoms with Crippen LogP contribution in [0.4, 0.5) is 20.7 Å². The molecule has 292 valence electrons. The fourth-order valence-corrected chi connectivity index (χ4v) is 8.74. The van der Waals surface area contributed by atoms with Crippen molar-refractivity contribution in [2.45, 2.75) is 76.0 Å². The summed E-state index contributed by atoms with van der Waals surface area (Å²) >= 11 is 6.14. The Morgan fingerprint density at radius 1 is 0.964 bits per heavy atom. The van der Waals surface area contributed by atoms with E-state index in [9.17, 15) is 14.4 Å². The second-order valence-corrected chi connectivity index (χ2v) is 15.6. The van der Waals surface area contributed by atoms with E-state index in [1.54, 1.807) is 36.5 Å². The van der Waals surface area contributed by atoms with Gasteiger partial charge in [0.05, 0.1) is 40.1 Å². The van der Waals surface area contributed by atoms with Crippen LogP contribution in [0, 0.1) is 23.1 Å². The lowest BCUT2D eigenvalue weighted by Gasteiger charge is -2.38. The number of piperidine rings is 2. The Bertz CT molecular complexity index is 2130. The fourth-order valence-electron chi connectivity index (χ4n) is 8.53. The standard InChI is InChI=1S/C40H44ClFN10O4/c41-32-21-30(4-1-26(32)22-43)56-29-5-2-27(3-6-29)45-39(54)34-8-10-36(48-47-34)50-18-11-25(12-19-50)24-49-16-13-28(14-17-49)52-35-9-7-33(42)38(31(35)23-44-52)51-20-15-37(53)46-40(51)55/h1,4,7-10,21,23,25,27-29H,2-3,5-6,11-20,24H2,(H,45,54)(H,46,53,55). The highest BCUT2D eigenvalue weighted by molar-refractivity contribution is 6.31. The van der Waals surface area contributed by atoms with Crippen molar-refractivity contribution >= 4 is 51.9 Å². The van der Waals surface area contributed by atoms with Crippen LogP contribution in [0.1, 0.15) is 79.9 Å². The van der Waals surface area contributed by atoms with Crippen LogP contribution in [0.15, 0.2) is 48.7 Å². The molecular weight excluding hydrogens is 739 g/mol. The van der Waals surface area contributed by atoms with Gasteiger partial charge in [0.1, 0.15) is 17.6 Å². The highest BCUT2D eigenvalue weighted by atomic mass is 35.5. The molecule has 14 nitrogen and oxygen atoms in total. The summed E-state index contributed by atoms with van der Waals surface area (Å²) in [4.78, 5) is 43.2. The molecule has 5 heterocycles. The summed E-state index contributed by atoms with van der Waals surface area (Å²) in [5.41, 5.74) is 1.67. The second-order valence-electron chi connectivity index (χ2n) is 15.2. The van der Waals surface area contributed by atoms with Crippen LogP contribution in [0.25, 0.3) is 10.9 Å². The number of amides is 4. The normalized spacial score (nSPS) is 21.5. The maximum atomic E-state index is 15.0. The number of likely N-dealkylation sites (tertiary alicyclic amines) is 1. The molecule has 4 aromatic rings. The Morgan fingerprint density at radius 2 is 1.75 bits per heavy atom. The second kappa shape index (κ2) is 16.4. The first kappa shape index (κ1) is 37.6. The number of halogens is 2. The van der Waals surface area contributed by atoms with E-state index in [-0.39, 0.29) is 48.7 Å². The fraction of sp³-hybridized carbons (Fsp3) is 0.475. The molecule has 3 saturated heterocycles. The summed E-state index contributed by atoms with van der Waals surface area (Å²) in [5, 5.41) is 28.8. The van der Waals surface area contributed by atoms with E-state index in [4.69, 9.17) is 21.6 Å². The van der Waals surface area contributed by atoms with Gasteiger partial charge in [0.15, 0.2) is 11.5 Å². The summed E-state index contributed by atoms with van der Waals surface area (Å²) in [7, 11) is 0. The minimum atomic E-state index is -0.614. The number of benzene rings is 2. The molecule has 56 heavy (non-hydrogen) atoms. The number of carbonyl (C=O) groups excluding carboxylic acids is 3. The molecule has 0 unspecified atom stereocenters. The topological polar surface area (TPSA) is 162 Å². The van der Waals surface area contributed by atoms with Crippen molar-refractivity contribution in [2.24, 2.45) is 5.92 Å². The molecule has 0 atom stereocenters. The van der Waals surface area contributed by atoms with Gasteiger partial charge in [-0.3, -0.25) is 24.5 Å². The number of nitrogens with zero attached hydrogens (tertiary/aromatic N) is 8. The van der Waals surface area contributed by atoms with Crippen molar-refractivity contribution in [3.63, 3.8) is 0 Å². The first-order valence-corrected chi connectivity index (χ1v) is 19.9. The van der Waals surface area contributed by atoms with Gasteiger partial charge in [-0.1, -0.05) is 11.6 Å². The lowest BCUT2D eigenvalue weighted by Crippen LogP contribution is -2.50. The Hall–Kier alpha value is -5.33. The first-order chi connectivity index (χ1) is 27.2. The van der Waals surface area contributed by atoms with Gasteiger partial charge in [0.25, 0.3) is 5.91 Å². The Balaban J connectivity index is 0.767. The van der Waals surface area contributed by atoms with Crippen LogP contribution in [-0.2, 0) is 4.79 Å². The monoisotopic (exact) mass is 782 g/mol. The number of nitriles is 1. The van der Waals surface area contributed by atoms with Gasteiger partial charge in [-0.2, -0.15) is 10.4 Å². The summed E-state index contributed by atoms with van der Waals surface area (Å²) in [6, 6.07) is 13.5. The zero-order chi connectivity index (χ0) is 38.8. The van der Waals surface area contributed by atoms with Gasteiger partial charge < -0.3 is 19.9 Å². The average Bonchev–Trinajstić information content (AvgIpc) is 3.64. The quantitative estimate of drug-likeness (QED) is 0.218. The van der Waals surface area contributed by atoms with Crippen LogP contribution < -0.4 is 25.2 Å². The minimum absolute atomic E-state index is 0.0227. The molecule has 2 N–H and O–H groups in total. The number of aromatic nitrogens is 4. The number of hydrogen-bond acceptors (Lipinski definition) is 10. The summed E-state index contributed by atoms with van der Waals surface area (Å²) in [5.74, 6) is 0.900. The van der Waals surface area contributed by atoms with Crippen molar-refractivity contribution in [1.82, 2.24) is 35.5 Å². The van der Waals surface area contributed by atoms with Crippen molar-refractivity contribution in [3.05, 3.63) is 70.8 Å². The van der Waals surface area contributed by atoms with Gasteiger partial charge in [0.2, 0.25) is 5.91 Å². The van der Waals surface area contributed by atoms with Gasteiger partial charge in [-0.05, 0) is 93.7 Å². The highest BCUT2D eigenvalue weighted by Gasteiger charge is 2.31. The third-order valence-corrected chi connectivity index (χ3v) is 12.0. The molecule has 0 spiro atoms. The molecule has 2 aromatic heterocycles. The Kier molecular flexibility index (Phi) is 11.0. The number of urea groups is 1. The Labute approximate surface area is 328 Å². The van der Waals surface area contributed by atoms with Crippen LogP contribution in [-0.4, -0.2) is 94.1 Å². The number of hydrogen-bond donors (Lipinski definition) is 2. The zero-order valence-electron chi connectivity index (χ0n) is 31.0. The van der Waals surface area contributed by atoms with Crippen LogP contribution in [0.2, 0.25) is 5.02 Å². The van der Waals surface area contributed by atoms with E-state index in [0.717, 1.165) is 95.4 Å². The molecule has 4 aliphatic rings. The van der Waals surface area contributed by atoms with E-state index in [2.05, 4.69) is 41.8 Å². The lowest BCUT2D eigenvalue weighted by atomic mass is 9.92. The first-order valence-electron chi connectivity index (χ1n) is 19.5. The Morgan fingerprint density at radius 3 is 2.45 bits per heavy atom. The van der Waals surface area contributed by atoms with Gasteiger partial charge in [0, 0.05) is 63.2 Å². The predicted octanol–water partition coefficient (Wildman–Crippen LogP) is 5.61. The molecule has 4 fully saturated rings. The van der Waals surface area contributed by atoms with Crippen molar-refractivity contribution in [1.29, 1.82) is 5.26 Å². The van der Waals surface area contributed by atoms with Crippen molar-refractivity contribution < 1.29 is 23.5 Å². The third kappa shape index (κ3) is 8.13. The van der Waals surface area contributed by atoms with Crippen LogP contribution in [0.5, 0.6) is 5.75 Å². The number of rotatable bonds is 9. The smallest absolute Gasteiger partial charge is 0.328 e. The predicted molar refractivity (Wildman–Crippen MR) is 207 cm³/mol. The number of anilines is 2. The minimum Gasteiger partial charge on any atom is -0.490 e. The molecular formula is C40H44ClFN10O4. The number of carbonyl (C=O) groups is 3. The molecule has 1 aliphatic carbocycles. The molecule has 0 radical (unpaired) electrons. The maximum absolute atomic E-state index is 15.0. The maximum Gasteiger partial charge on any atom is 0.328 e. The van der Waals surface area contributed by atoms with Gasteiger partial charge in [-0.25, -0.2) is 9.18 Å². The van der Waals surface area contributed by atoms with E-state index >= 15 is 4.39 Å². The number of ether oxygens (including phenoxy) is 1. The number of imide groups is 1. The van der Waals surface area contributed by atoms with Crippen LogP contribution >= 0.6 is 11.6 Å². The molecule has 3 aliphatic heterocycles. The molecule has 0 bridgehead atoms. The van der Waals surface area contributed by atoms with Crippen molar-refractivity contribution in [3.8, 4) is 11.8 Å². The lowest BCUT2D eigenvalue weighted by molar-refractivity contribution is -0.120. The number of nitrogens with one attached hydrogen (secondary N) is 2. The van der Waals surface area contributed by atoms with E-state index in [1.165, 1.54) is 11.0 Å². The summed E-state index contributed by atoms with van der Waals surface area (Å²) < 4.78 is 23.1. The molecule has 8 rings (SSSR count). The third-order valence-electron chi connectivity index (χ3n) is 11.6. The summed E-state index contributed by atoms with van der Waals surface area (Å²) in [6.45, 7) is 4.79. The SMILES string of the molecule is N#Cc1ccc(OC2CCC(NC(=O)c3ccc(N4CCC(CN5CCC(n6ncc7c(N8CCC(=O)NC8=O)c(F)ccc76)CC5)CC4)nn3)CC2)cc1Cl. The largest absolute Gasteiger partial charge is 0.490 e. The zero-order valence-corrected chi connectivity index (χ0v) is 31.8. The summed E-state index contributed by atoms with van der Waals surface area (Å²) in [6.07, 6.45) is 8.86. The molecule has 2 aromatic carbocycles. The van der Waals surface area contributed by atoms with E-state index in [0.29, 0.717) is 33.3 Å². The van der Waals surface area contributed by atoms with Gasteiger partial charge in [-0.15, -0.1) is 10.2 Å². The van der Waals surface area contributed by atoms with E-state index in [1.807, 2.05) is 10.7 Å². The van der Waals surface area contributed by atoms with Gasteiger partial charge >= 0.3 is 6.03 Å². The highest BCUT2D eigenvalue weighted by Crippen LogP contribution is 2.35. The molecule has 16 heteroatoms. The average molecular weight is 783 g/mol. The molecule has 4 amide bonds. The molecule has 1 saturated carbocycles. The number of fused-ring (bicyclic) bond motifs is 1.